The van der Waals surface area contributed by atoms with E-state index in [1.807, 2.05) is 13.0 Å². The maximum Gasteiger partial charge on any atom is 0.258 e. The first-order valence-corrected chi connectivity index (χ1v) is 10.2. The van der Waals surface area contributed by atoms with Crippen LogP contribution in [-0.4, -0.2) is 43.0 Å². The lowest BCUT2D eigenvalue weighted by Gasteiger charge is -2.10. The molecule has 1 atom stereocenters. The molecule has 0 aromatic carbocycles. The molecule has 1 unspecified atom stereocenters. The molecule has 0 amide bonds. The molecule has 6 nitrogen and oxygen atoms in total. The van der Waals surface area contributed by atoms with Crippen LogP contribution in [0.15, 0.2) is 77.2 Å². The second-order valence-electron chi connectivity index (χ2n) is 6.59. The molecule has 1 aromatic rings. The lowest BCUT2D eigenvalue weighted by Crippen LogP contribution is -2.17. The van der Waals surface area contributed by atoms with Crippen molar-refractivity contribution in [3.63, 3.8) is 0 Å². The lowest BCUT2D eigenvalue weighted by molar-refractivity contribution is -0.105. The summed E-state index contributed by atoms with van der Waals surface area (Å²) in [6.07, 6.45) is 12.5. The molecule has 0 radical (unpaired) electrons. The Morgan fingerprint density at radius 3 is 2.72 bits per heavy atom. The van der Waals surface area contributed by atoms with Crippen molar-refractivity contribution in [2.24, 2.45) is 0 Å². The van der Waals surface area contributed by atoms with Gasteiger partial charge >= 0.3 is 0 Å². The highest BCUT2D eigenvalue weighted by Gasteiger charge is 2.05. The number of aromatic nitrogens is 1. The van der Waals surface area contributed by atoms with Crippen LogP contribution < -0.4 is 10.3 Å². The summed E-state index contributed by atoms with van der Waals surface area (Å²) in [6, 6.07) is 2.91. The van der Waals surface area contributed by atoms with E-state index in [1.165, 1.54) is 49.3 Å². The maximum atomic E-state index is 13.5. The molecule has 8 heteroatoms. The zero-order chi connectivity index (χ0) is 23.8. The Morgan fingerprint density at radius 1 is 1.31 bits per heavy atom. The van der Waals surface area contributed by atoms with Crippen LogP contribution in [0.2, 0.25) is 0 Å². The molecule has 0 bridgehead atoms. The summed E-state index contributed by atoms with van der Waals surface area (Å²) >= 11 is 0. The summed E-state index contributed by atoms with van der Waals surface area (Å²) < 4.78 is 42.6. The molecule has 0 aliphatic rings. The Morgan fingerprint density at radius 2 is 2.09 bits per heavy atom. The van der Waals surface area contributed by atoms with E-state index in [9.17, 15) is 18.7 Å². The number of hydrogen-bond acceptors (Lipinski definition) is 5. The second-order valence-corrected chi connectivity index (χ2v) is 6.59. The minimum atomic E-state index is -1.02. The van der Waals surface area contributed by atoms with Crippen LogP contribution in [0.4, 0.5) is 8.78 Å². The molecule has 176 valence electrons. The number of aliphatic hydroxyl groups excluding tert-OH is 1. The van der Waals surface area contributed by atoms with Gasteiger partial charge in [-0.2, -0.15) is 0 Å². The number of allylic oxidation sites excluding steroid dienone is 7. The third-order valence-corrected chi connectivity index (χ3v) is 3.98. The monoisotopic (exact) mass is 451 g/mol. The molecular weight excluding hydrogens is 420 g/mol. The summed E-state index contributed by atoms with van der Waals surface area (Å²) in [5.74, 6) is -0.104. The Hall–Kier alpha value is -2.97. The summed E-state index contributed by atoms with van der Waals surface area (Å²) in [6.45, 7) is 2.86. The van der Waals surface area contributed by atoms with Crippen molar-refractivity contribution in [3.05, 3.63) is 82.8 Å². The van der Waals surface area contributed by atoms with E-state index in [4.69, 9.17) is 9.47 Å². The van der Waals surface area contributed by atoms with Gasteiger partial charge in [0.25, 0.3) is 5.56 Å². The molecule has 0 aliphatic carbocycles. The van der Waals surface area contributed by atoms with Gasteiger partial charge in [-0.15, -0.1) is 0 Å². The Labute approximate surface area is 187 Å². The van der Waals surface area contributed by atoms with Gasteiger partial charge in [0.2, 0.25) is 0 Å². The molecular formula is C24H31F2NO5. The third kappa shape index (κ3) is 10.9. The molecule has 0 saturated heterocycles. The van der Waals surface area contributed by atoms with E-state index < -0.39 is 24.4 Å². The molecule has 1 heterocycles. The fraction of sp³-hybridized carbons (Fsp3) is 0.375. The van der Waals surface area contributed by atoms with Crippen LogP contribution in [-0.2, 0) is 9.47 Å². The number of halogens is 2. The first kappa shape index (κ1) is 27.1. The Balaban J connectivity index is 2.91. The number of ether oxygens (including phenoxy) is 3. The average Bonchev–Trinajstić information content (AvgIpc) is 2.76. The van der Waals surface area contributed by atoms with Crippen molar-refractivity contribution in [2.75, 3.05) is 27.0 Å². The van der Waals surface area contributed by atoms with Crippen molar-refractivity contribution in [1.29, 1.82) is 0 Å². The summed E-state index contributed by atoms with van der Waals surface area (Å²) in [4.78, 5) is 12.6. The van der Waals surface area contributed by atoms with E-state index >= 15 is 0 Å². The predicted octanol–water partition coefficient (Wildman–Crippen LogP) is 4.69. The average molecular weight is 452 g/mol. The van der Waals surface area contributed by atoms with Gasteiger partial charge in [-0.1, -0.05) is 31.2 Å². The molecule has 0 spiro atoms. The molecule has 0 saturated carbocycles. The van der Waals surface area contributed by atoms with Gasteiger partial charge in [-0.25, -0.2) is 8.78 Å². The smallest absolute Gasteiger partial charge is 0.258 e. The number of hydrogen-bond donors (Lipinski definition) is 1. The van der Waals surface area contributed by atoms with Crippen LogP contribution in [0.5, 0.6) is 5.75 Å². The standard InChI is InChI=1S/C24H31F2NO5/c1-4-8-20(9-7-12-25)17-32-22-11-13-27(23(28)16-22)21(15-19(2)26)10-5-6-14-31-18-24(29)30-3/h6-11,13-16,24,29H,4-5,12,17-18H2,1-3H3/b9-7-,14-6+,19-15+,20-8+,21-10?. The van der Waals surface area contributed by atoms with Crippen molar-refractivity contribution in [1.82, 2.24) is 4.57 Å². The molecule has 0 aliphatic heterocycles. The van der Waals surface area contributed by atoms with E-state index in [2.05, 4.69) is 4.74 Å². The largest absolute Gasteiger partial charge is 0.496 e. The van der Waals surface area contributed by atoms with Crippen molar-refractivity contribution in [2.45, 2.75) is 33.0 Å². The number of alkyl halides is 1. The quantitative estimate of drug-likeness (QED) is 0.253. The van der Waals surface area contributed by atoms with Crippen molar-refractivity contribution in [3.8, 4) is 5.75 Å². The van der Waals surface area contributed by atoms with E-state index in [0.29, 0.717) is 17.9 Å². The van der Waals surface area contributed by atoms with Gasteiger partial charge < -0.3 is 19.3 Å². The normalized spacial score (nSPS) is 14.4. The minimum Gasteiger partial charge on any atom is -0.496 e. The minimum absolute atomic E-state index is 0.0211. The van der Waals surface area contributed by atoms with Crippen molar-refractivity contribution >= 4 is 5.70 Å². The molecule has 32 heavy (non-hydrogen) atoms. The highest BCUT2D eigenvalue weighted by molar-refractivity contribution is 5.58. The highest BCUT2D eigenvalue weighted by atomic mass is 19.1. The first-order chi connectivity index (χ1) is 15.4. The fourth-order valence-electron chi connectivity index (χ4n) is 2.51. The Kier molecular flexibility index (Phi) is 13.3. The summed E-state index contributed by atoms with van der Waals surface area (Å²) in [5, 5.41) is 9.22. The topological polar surface area (TPSA) is 69.9 Å². The zero-order valence-electron chi connectivity index (χ0n) is 18.7. The molecule has 1 aromatic heterocycles. The number of rotatable bonds is 14. The van der Waals surface area contributed by atoms with Gasteiger partial charge in [0.15, 0.2) is 6.29 Å². The van der Waals surface area contributed by atoms with E-state index in [0.717, 1.165) is 12.0 Å². The number of aliphatic hydroxyl groups is 1. The first-order valence-electron chi connectivity index (χ1n) is 10.2. The van der Waals surface area contributed by atoms with Crippen LogP contribution in [0.3, 0.4) is 0 Å². The SMILES string of the molecule is CC/C=C(\C=C/CF)COc1ccn(C(=CC/C=C/OCC(O)OC)/C=C(\C)F)c(=O)c1. The summed E-state index contributed by atoms with van der Waals surface area (Å²) in [7, 11) is 1.36. The van der Waals surface area contributed by atoms with Gasteiger partial charge in [-0.3, -0.25) is 9.36 Å². The fourth-order valence-corrected chi connectivity index (χ4v) is 2.51. The second kappa shape index (κ2) is 15.8. The van der Waals surface area contributed by atoms with Gasteiger partial charge in [-0.05, 0) is 43.6 Å². The van der Waals surface area contributed by atoms with Crippen LogP contribution >= 0.6 is 0 Å². The van der Waals surface area contributed by atoms with Gasteiger partial charge in [0, 0.05) is 25.1 Å². The van der Waals surface area contributed by atoms with Gasteiger partial charge in [0.05, 0.1) is 12.1 Å². The summed E-state index contributed by atoms with van der Waals surface area (Å²) in [5.41, 5.74) is 0.758. The van der Waals surface area contributed by atoms with Gasteiger partial charge in [0.1, 0.15) is 25.6 Å². The van der Waals surface area contributed by atoms with E-state index in [-0.39, 0.29) is 13.2 Å². The maximum absolute atomic E-state index is 13.5. The number of pyridine rings is 1. The Bertz CT molecular complexity index is 896. The van der Waals surface area contributed by atoms with Crippen LogP contribution in [0, 0.1) is 0 Å². The number of methoxy groups -OCH3 is 1. The van der Waals surface area contributed by atoms with E-state index in [1.54, 1.807) is 24.3 Å². The third-order valence-electron chi connectivity index (χ3n) is 3.98. The highest BCUT2D eigenvalue weighted by Crippen LogP contribution is 2.14. The van der Waals surface area contributed by atoms with Crippen molar-refractivity contribution < 1.29 is 28.1 Å². The van der Waals surface area contributed by atoms with Crippen LogP contribution in [0.25, 0.3) is 5.70 Å². The predicted molar refractivity (Wildman–Crippen MR) is 122 cm³/mol. The molecule has 1 N–H and O–H groups in total. The molecule has 1 rings (SSSR count). The lowest BCUT2D eigenvalue weighted by atomic mass is 10.2. The zero-order valence-corrected chi connectivity index (χ0v) is 18.7. The number of nitrogens with zero attached hydrogens (tertiary/aromatic N) is 1. The van der Waals surface area contributed by atoms with Crippen LogP contribution in [0.1, 0.15) is 26.7 Å². The molecule has 0 fully saturated rings.